The number of amides is 4. The standard InChI is InChI=1S/C21H25N3O5S.C17H24N4O3S.C17H25N3O4S.C12H16N4O3S/c1-21(2,20(25)23-11-14-7-9-16(28-3)10-8-14)13-29-17-6-4-5-15-12-30(26,27)24-19(22)18(15)17;1-2-3-9-19-16(22)17(7-8-17)11-20-13-6-4-5-12-10-25(23,24)21-15(18)14(12)13;1-4-5-9-19-16(21)17(2,3)11-24-13-8-6-7-12-10-25(22,23)20-15(18)14(12)13;1-16(2)10(17)6-14-9-5-3-4-8-7-20(18,19)15-12(13)11(8)9/h4-10H,11-13H2,1-3H3,(H2,22,24)(H,23,25);4-6,20H,2-3,7-11H2,1H3,(H2,18,21)(H,19,22);6-8H,4-5,9-11H2,1-3H3,(H2,18,20)(H,19,21);3-5,14H,6-7H2,1-2H3,(H2,13,15). The van der Waals surface area contributed by atoms with Crippen LogP contribution in [0.2, 0.25) is 0 Å². The molecule has 5 aliphatic rings. The van der Waals surface area contributed by atoms with Crippen LogP contribution in [-0.4, -0.2) is 146 Å². The number of likely N-dealkylation sites (N-methyl/N-ethyl adjacent to an activating group) is 1. The molecule has 542 valence electrons. The number of carbonyl (C=O) groups is 4. The smallest absolute Gasteiger partial charge is 0.259 e. The fourth-order valence-corrected chi connectivity index (χ4v) is 14.8. The zero-order chi connectivity index (χ0) is 73.6. The lowest BCUT2D eigenvalue weighted by atomic mass is 9.93. The summed E-state index contributed by atoms with van der Waals surface area (Å²) in [5.74, 6) is 0.313. The van der Waals surface area contributed by atoms with Crippen molar-refractivity contribution in [2.45, 2.75) is 110 Å². The molecule has 13 N–H and O–H groups in total. The van der Waals surface area contributed by atoms with Crippen LogP contribution >= 0.6 is 0 Å². The lowest BCUT2D eigenvalue weighted by Gasteiger charge is -2.25. The molecule has 0 unspecified atom stereocenters. The molecule has 33 heteroatoms. The largest absolute Gasteiger partial charge is 0.497 e. The van der Waals surface area contributed by atoms with Gasteiger partial charge in [0.25, 0.3) is 40.1 Å². The first-order valence-electron chi connectivity index (χ1n) is 32.2. The maximum atomic E-state index is 12.7. The third-order valence-corrected chi connectivity index (χ3v) is 21.0. The summed E-state index contributed by atoms with van der Waals surface area (Å²) in [4.78, 5) is 50.4. The summed E-state index contributed by atoms with van der Waals surface area (Å²) in [5.41, 5.74) is 28.0. The van der Waals surface area contributed by atoms with Gasteiger partial charge in [0.05, 0.1) is 64.0 Å². The van der Waals surface area contributed by atoms with Crippen LogP contribution in [0.15, 0.2) is 115 Å². The van der Waals surface area contributed by atoms with Crippen molar-refractivity contribution in [3.63, 3.8) is 0 Å². The van der Waals surface area contributed by atoms with Gasteiger partial charge in [-0.1, -0.05) is 87.4 Å². The predicted molar refractivity (Wildman–Crippen MR) is 386 cm³/mol. The van der Waals surface area contributed by atoms with E-state index in [4.69, 9.17) is 37.1 Å². The lowest BCUT2D eigenvalue weighted by Crippen LogP contribution is -2.41. The van der Waals surface area contributed by atoms with Crippen molar-refractivity contribution in [2.24, 2.45) is 56.8 Å². The van der Waals surface area contributed by atoms with E-state index in [2.05, 4.69) is 58.0 Å². The zero-order valence-corrected chi connectivity index (χ0v) is 60.8. The fraction of sp³-hybridized carbons (Fsp3) is 0.433. The number of hydrogen-bond donors (Lipinski definition) is 9. The van der Waals surface area contributed by atoms with Crippen molar-refractivity contribution >= 4 is 98.4 Å². The van der Waals surface area contributed by atoms with Gasteiger partial charge in [-0.2, -0.15) is 0 Å². The van der Waals surface area contributed by atoms with Crippen molar-refractivity contribution in [2.75, 3.05) is 71.2 Å². The molecule has 29 nitrogen and oxygen atoms in total. The monoisotopic (exact) mass is 1460 g/mol. The Hall–Kier alpha value is -9.34. The molecule has 5 aromatic carbocycles. The van der Waals surface area contributed by atoms with Gasteiger partial charge in [-0.15, -0.1) is 17.6 Å². The zero-order valence-electron chi connectivity index (χ0n) is 57.6. The normalized spacial score (nSPS) is 16.5. The van der Waals surface area contributed by atoms with Crippen LogP contribution in [0.25, 0.3) is 0 Å². The number of carbonyl (C=O) groups excluding carboxylic acids is 4. The Kier molecular flexibility index (Phi) is 25.6. The molecule has 0 radical (unpaired) electrons. The van der Waals surface area contributed by atoms with E-state index >= 15 is 0 Å². The average molecular weight is 1460 g/mol. The number of nitrogens with two attached hydrogens (primary N) is 4. The molecule has 1 aliphatic carbocycles. The van der Waals surface area contributed by atoms with Gasteiger partial charge in [-0.25, -0.2) is 33.7 Å². The van der Waals surface area contributed by atoms with E-state index in [0.717, 1.165) is 55.5 Å². The Morgan fingerprint density at radius 1 is 0.520 bits per heavy atom. The van der Waals surface area contributed by atoms with Gasteiger partial charge in [0.1, 0.15) is 53.8 Å². The Balaban J connectivity index is 0.000000189. The van der Waals surface area contributed by atoms with E-state index in [0.29, 0.717) is 87.9 Å². The molecule has 4 aliphatic heterocycles. The van der Waals surface area contributed by atoms with Crippen LogP contribution < -0.4 is 63.7 Å². The van der Waals surface area contributed by atoms with Gasteiger partial charge in [-0.3, -0.25) is 19.2 Å². The summed E-state index contributed by atoms with van der Waals surface area (Å²) in [6.45, 7) is 13.8. The first-order chi connectivity index (χ1) is 46.9. The Bertz CT molecular complexity index is 4350. The molecule has 1 saturated carbocycles. The van der Waals surface area contributed by atoms with Gasteiger partial charge < -0.3 is 68.6 Å². The van der Waals surface area contributed by atoms with Crippen LogP contribution in [-0.2, 0) is 88.8 Å². The summed E-state index contributed by atoms with van der Waals surface area (Å²) < 4.78 is 125. The summed E-state index contributed by atoms with van der Waals surface area (Å²) >= 11 is 0. The van der Waals surface area contributed by atoms with Crippen molar-refractivity contribution in [1.82, 2.24) is 20.9 Å². The SMILES string of the molecule is CCCCNC(=O)C(C)(C)COc1cccc2c1C(N)=NS(=O)(=O)C2.CCCCNC(=O)C1(CNc2cccc3c2C(N)=NS(=O)(=O)C3)CC1.CN(C)C(=O)CNc1cccc2c1C(N)=NS(=O)(=O)C2.COc1ccc(CNC(=O)C(C)(C)COc2cccc3c2C(N)=NS(=O)(=O)C3)cc1. The fourth-order valence-electron chi connectivity index (χ4n) is 10.5. The number of ether oxygens (including phenoxy) is 3. The highest BCUT2D eigenvalue weighted by atomic mass is 32.2. The van der Waals surface area contributed by atoms with E-state index in [1.807, 2.05) is 30.3 Å². The number of nitrogens with zero attached hydrogens (tertiary/aromatic N) is 5. The second-order valence-electron chi connectivity index (χ2n) is 25.9. The molecule has 0 spiro atoms. The first kappa shape index (κ1) is 78.0. The van der Waals surface area contributed by atoms with Crippen LogP contribution in [0.5, 0.6) is 17.2 Å². The predicted octanol–water partition coefficient (Wildman–Crippen LogP) is 4.60. The molecular weight excluding hydrogens is 1370 g/mol. The number of nitrogens with one attached hydrogen (secondary N) is 5. The van der Waals surface area contributed by atoms with Gasteiger partial charge >= 0.3 is 0 Å². The van der Waals surface area contributed by atoms with Crippen molar-refractivity contribution in [3.05, 3.63) is 147 Å². The summed E-state index contributed by atoms with van der Waals surface area (Å²) in [6, 6.07) is 28.1. The number of rotatable bonds is 24. The van der Waals surface area contributed by atoms with Crippen LogP contribution in [0.4, 0.5) is 11.4 Å². The van der Waals surface area contributed by atoms with Crippen molar-refractivity contribution in [3.8, 4) is 17.2 Å². The second kappa shape index (κ2) is 32.8. The Morgan fingerprint density at radius 3 is 1.30 bits per heavy atom. The third-order valence-electron chi connectivity index (χ3n) is 16.4. The minimum absolute atomic E-state index is 0.00148. The van der Waals surface area contributed by atoms with Gasteiger partial charge in [0.15, 0.2) is 0 Å². The first-order valence-corrected chi connectivity index (χ1v) is 38.6. The minimum atomic E-state index is -3.62. The Morgan fingerprint density at radius 2 is 0.900 bits per heavy atom. The van der Waals surface area contributed by atoms with E-state index in [-0.39, 0.29) is 95.2 Å². The second-order valence-corrected chi connectivity index (χ2v) is 32.5. The molecule has 0 saturated heterocycles. The number of unbranched alkanes of at least 4 members (excludes halogenated alkanes) is 2. The van der Waals surface area contributed by atoms with E-state index in [1.165, 1.54) is 4.90 Å². The highest BCUT2D eigenvalue weighted by molar-refractivity contribution is 7.90. The van der Waals surface area contributed by atoms with Crippen LogP contribution in [0, 0.1) is 16.2 Å². The molecule has 0 aromatic heterocycles. The number of anilines is 2. The van der Waals surface area contributed by atoms with Crippen molar-refractivity contribution < 1.29 is 67.1 Å². The molecule has 0 atom stereocenters. The lowest BCUT2D eigenvalue weighted by molar-refractivity contribution is -0.131. The van der Waals surface area contributed by atoms with E-state index in [1.54, 1.807) is 116 Å². The molecule has 1 fully saturated rings. The quantitative estimate of drug-likeness (QED) is 0.0381. The number of fused-ring (bicyclic) bond motifs is 4. The highest BCUT2D eigenvalue weighted by Crippen LogP contribution is 2.46. The minimum Gasteiger partial charge on any atom is -0.497 e. The molecular formula is C67H90N14O15S4. The molecule has 0 bridgehead atoms. The highest BCUT2D eigenvalue weighted by Gasteiger charge is 2.49. The van der Waals surface area contributed by atoms with E-state index < -0.39 is 50.9 Å². The summed E-state index contributed by atoms with van der Waals surface area (Å²) in [5, 5.41) is 15.1. The average Bonchev–Trinajstić information content (AvgIpc) is 1.30. The number of amidine groups is 4. The molecule has 10 rings (SSSR count). The van der Waals surface area contributed by atoms with Gasteiger partial charge in [0, 0.05) is 62.8 Å². The summed E-state index contributed by atoms with van der Waals surface area (Å²) in [6.07, 6.45) is 5.66. The van der Waals surface area contributed by atoms with Crippen LogP contribution in [0.3, 0.4) is 0 Å². The van der Waals surface area contributed by atoms with Gasteiger partial charge in [0.2, 0.25) is 23.6 Å². The maximum absolute atomic E-state index is 12.7. The maximum Gasteiger partial charge on any atom is 0.259 e. The number of hydrogen-bond acceptors (Lipinski definition) is 21. The molecule has 4 amide bonds. The number of sulfonamides is 4. The van der Waals surface area contributed by atoms with Crippen molar-refractivity contribution in [1.29, 1.82) is 0 Å². The number of benzene rings is 5. The van der Waals surface area contributed by atoms with Gasteiger partial charge in [-0.05, 0) is 118 Å². The van der Waals surface area contributed by atoms with E-state index in [9.17, 15) is 52.8 Å². The number of methoxy groups -OCH3 is 1. The molecule has 4 heterocycles. The third kappa shape index (κ3) is 21.1. The van der Waals surface area contributed by atoms with Crippen LogP contribution in [0.1, 0.15) is 130 Å². The Labute approximate surface area is 585 Å². The summed E-state index contributed by atoms with van der Waals surface area (Å²) in [7, 11) is -9.39. The molecule has 5 aromatic rings. The topological polar surface area (TPSA) is 449 Å². The molecule has 100 heavy (non-hydrogen) atoms.